The Bertz CT molecular complexity index is 644. The molecule has 0 aromatic heterocycles. The van der Waals surface area contributed by atoms with Crippen molar-refractivity contribution in [2.45, 2.75) is 12.3 Å². The number of carbonyl (C=O) groups excluding carboxylic acids is 1. The maximum atomic E-state index is 12.7. The Balaban J connectivity index is 2.30. The number of nitrogens with one attached hydrogen (secondary N) is 1. The number of amides is 1. The minimum Gasteiger partial charge on any atom is -0.476 e. The number of alkyl halides is 3. The molecule has 0 aliphatic carbocycles. The Labute approximate surface area is 124 Å². The van der Waals surface area contributed by atoms with Gasteiger partial charge >= 0.3 is 6.18 Å². The summed E-state index contributed by atoms with van der Waals surface area (Å²) in [4.78, 5) is 11.7. The molecule has 1 amide bonds. The van der Waals surface area contributed by atoms with Crippen molar-refractivity contribution < 1.29 is 27.9 Å². The highest BCUT2D eigenvalue weighted by atomic mass is 19.4. The molecule has 7 heteroatoms. The van der Waals surface area contributed by atoms with E-state index in [1.807, 2.05) is 0 Å². The highest BCUT2D eigenvalue weighted by Crippen LogP contribution is 2.32. The smallest absolute Gasteiger partial charge is 0.416 e. The van der Waals surface area contributed by atoms with E-state index in [2.05, 4.69) is 0 Å². The number of carbonyl (C=O) groups is 1. The number of hydrogen-bond acceptors (Lipinski definition) is 3. The van der Waals surface area contributed by atoms with Gasteiger partial charge in [0.25, 0.3) is 5.91 Å². The Morgan fingerprint density at radius 3 is 2.36 bits per heavy atom. The Hall–Kier alpha value is -2.54. The van der Waals surface area contributed by atoms with E-state index in [9.17, 15) is 18.0 Å². The summed E-state index contributed by atoms with van der Waals surface area (Å²) in [5.41, 5.74) is 0.950. The molecule has 1 unspecified atom stereocenters. The maximum Gasteiger partial charge on any atom is 0.416 e. The van der Waals surface area contributed by atoms with Gasteiger partial charge in [0, 0.05) is 5.56 Å². The highest BCUT2D eigenvalue weighted by Gasteiger charge is 2.31. The van der Waals surface area contributed by atoms with Crippen LogP contribution in [0.5, 0.6) is 5.75 Å². The number of hydrogen-bond donors (Lipinski definition) is 2. The molecule has 0 radical (unpaired) electrons. The van der Waals surface area contributed by atoms with Crippen molar-refractivity contribution in [2.24, 2.45) is 0 Å². The van der Waals surface area contributed by atoms with Crippen molar-refractivity contribution in [2.75, 3.05) is 0 Å². The second kappa shape index (κ2) is 6.48. The Morgan fingerprint density at radius 2 is 1.77 bits per heavy atom. The zero-order valence-corrected chi connectivity index (χ0v) is 11.2. The van der Waals surface area contributed by atoms with E-state index >= 15 is 0 Å². The molecule has 2 N–H and O–H groups in total. The van der Waals surface area contributed by atoms with Gasteiger partial charge < -0.3 is 4.74 Å². The third-order valence-electron chi connectivity index (χ3n) is 2.87. The topological polar surface area (TPSA) is 58.6 Å². The molecule has 0 saturated carbocycles. The third-order valence-corrected chi connectivity index (χ3v) is 2.87. The lowest BCUT2D eigenvalue weighted by Gasteiger charge is -2.18. The molecule has 116 valence electrons. The van der Waals surface area contributed by atoms with Gasteiger partial charge in [0.05, 0.1) is 5.56 Å². The Morgan fingerprint density at radius 1 is 1.09 bits per heavy atom. The molecule has 0 aliphatic heterocycles. The van der Waals surface area contributed by atoms with Crippen molar-refractivity contribution in [1.82, 2.24) is 5.48 Å². The second-order valence-electron chi connectivity index (χ2n) is 4.41. The molecular weight excluding hydrogens is 299 g/mol. The van der Waals surface area contributed by atoms with Gasteiger partial charge in [0.2, 0.25) is 6.10 Å². The minimum atomic E-state index is -4.51. The van der Waals surface area contributed by atoms with E-state index < -0.39 is 23.8 Å². The summed E-state index contributed by atoms with van der Waals surface area (Å²) in [5, 5.41) is 8.77. The van der Waals surface area contributed by atoms with Crippen molar-refractivity contribution in [3.8, 4) is 5.75 Å². The van der Waals surface area contributed by atoms with Crippen LogP contribution in [0.1, 0.15) is 17.2 Å². The monoisotopic (exact) mass is 311 g/mol. The van der Waals surface area contributed by atoms with Crippen LogP contribution in [0.15, 0.2) is 54.6 Å². The van der Waals surface area contributed by atoms with E-state index in [-0.39, 0.29) is 5.75 Å². The zero-order valence-electron chi connectivity index (χ0n) is 11.2. The van der Waals surface area contributed by atoms with E-state index in [1.165, 1.54) is 17.6 Å². The Kier molecular flexibility index (Phi) is 4.67. The van der Waals surface area contributed by atoms with Crippen molar-refractivity contribution in [3.63, 3.8) is 0 Å². The molecule has 2 aromatic carbocycles. The van der Waals surface area contributed by atoms with Crippen LogP contribution in [-0.2, 0) is 11.0 Å². The first-order valence-electron chi connectivity index (χ1n) is 6.24. The van der Waals surface area contributed by atoms with Gasteiger partial charge in [-0.25, -0.2) is 5.48 Å². The summed E-state index contributed by atoms with van der Waals surface area (Å²) >= 11 is 0. The van der Waals surface area contributed by atoms with Crippen LogP contribution < -0.4 is 10.2 Å². The molecule has 0 spiro atoms. The molecule has 0 saturated heterocycles. The lowest BCUT2D eigenvalue weighted by molar-refractivity contribution is -0.137. The normalized spacial score (nSPS) is 12.5. The average molecular weight is 311 g/mol. The zero-order chi connectivity index (χ0) is 16.2. The summed E-state index contributed by atoms with van der Waals surface area (Å²) in [5.74, 6) is -1.02. The van der Waals surface area contributed by atoms with Crippen molar-refractivity contribution in [3.05, 3.63) is 65.7 Å². The van der Waals surface area contributed by atoms with Crippen LogP contribution in [0.25, 0.3) is 0 Å². The van der Waals surface area contributed by atoms with Crippen LogP contribution in [0, 0.1) is 0 Å². The molecule has 0 aliphatic rings. The molecule has 0 bridgehead atoms. The molecule has 2 rings (SSSR count). The summed E-state index contributed by atoms with van der Waals surface area (Å²) in [7, 11) is 0. The van der Waals surface area contributed by atoms with E-state index in [1.54, 1.807) is 30.3 Å². The summed E-state index contributed by atoms with van der Waals surface area (Å²) < 4.78 is 43.4. The fraction of sp³-hybridized carbons (Fsp3) is 0.133. The number of rotatable bonds is 4. The van der Waals surface area contributed by atoms with Gasteiger partial charge in [-0.2, -0.15) is 13.2 Å². The van der Waals surface area contributed by atoms with Gasteiger partial charge in [-0.05, 0) is 18.2 Å². The first-order valence-corrected chi connectivity index (χ1v) is 6.24. The summed E-state index contributed by atoms with van der Waals surface area (Å²) in [6.45, 7) is 0. The molecule has 1 atom stereocenters. The lowest BCUT2D eigenvalue weighted by Crippen LogP contribution is -2.30. The highest BCUT2D eigenvalue weighted by molar-refractivity contribution is 5.81. The van der Waals surface area contributed by atoms with Crippen LogP contribution >= 0.6 is 0 Å². The van der Waals surface area contributed by atoms with E-state index in [4.69, 9.17) is 9.94 Å². The predicted octanol–water partition coefficient (Wildman–Crippen LogP) is 3.33. The van der Waals surface area contributed by atoms with Crippen LogP contribution in [0.4, 0.5) is 13.2 Å². The van der Waals surface area contributed by atoms with Gasteiger partial charge in [-0.3, -0.25) is 10.0 Å². The largest absolute Gasteiger partial charge is 0.476 e. The van der Waals surface area contributed by atoms with E-state index in [0.717, 1.165) is 12.1 Å². The number of halogens is 3. The number of hydroxylamine groups is 1. The summed E-state index contributed by atoms with van der Waals surface area (Å²) in [6.07, 6.45) is -5.78. The number of ether oxygens (including phenoxy) is 1. The van der Waals surface area contributed by atoms with Crippen molar-refractivity contribution >= 4 is 5.91 Å². The van der Waals surface area contributed by atoms with Gasteiger partial charge in [-0.1, -0.05) is 36.4 Å². The standard InChI is InChI=1S/C15H12F3NO3/c16-15(17,18)11-7-4-8-12(9-11)22-13(14(20)19-21)10-5-2-1-3-6-10/h1-9,13,21H,(H,19,20). The minimum absolute atomic E-state index is 0.132. The molecular formula is C15H12F3NO3. The summed E-state index contributed by atoms with van der Waals surface area (Å²) in [6, 6.07) is 12.3. The molecule has 2 aromatic rings. The molecule has 0 heterocycles. The van der Waals surface area contributed by atoms with Crippen LogP contribution in [0.2, 0.25) is 0 Å². The van der Waals surface area contributed by atoms with E-state index in [0.29, 0.717) is 5.56 Å². The second-order valence-corrected chi connectivity index (χ2v) is 4.41. The van der Waals surface area contributed by atoms with Gasteiger partial charge in [0.15, 0.2) is 0 Å². The first kappa shape index (κ1) is 15.8. The third kappa shape index (κ3) is 3.76. The maximum absolute atomic E-state index is 12.7. The molecule has 4 nitrogen and oxygen atoms in total. The first-order chi connectivity index (χ1) is 10.4. The average Bonchev–Trinajstić information content (AvgIpc) is 2.52. The van der Waals surface area contributed by atoms with Crippen molar-refractivity contribution in [1.29, 1.82) is 0 Å². The lowest BCUT2D eigenvalue weighted by atomic mass is 10.1. The van der Waals surface area contributed by atoms with Gasteiger partial charge in [0.1, 0.15) is 5.75 Å². The van der Waals surface area contributed by atoms with Crippen LogP contribution in [-0.4, -0.2) is 11.1 Å². The number of benzene rings is 2. The SMILES string of the molecule is O=C(NO)C(Oc1cccc(C(F)(F)F)c1)c1ccccc1. The fourth-order valence-electron chi connectivity index (χ4n) is 1.84. The fourth-order valence-corrected chi connectivity index (χ4v) is 1.84. The predicted molar refractivity (Wildman–Crippen MR) is 71.2 cm³/mol. The molecule has 0 fully saturated rings. The van der Waals surface area contributed by atoms with Crippen LogP contribution in [0.3, 0.4) is 0 Å². The van der Waals surface area contributed by atoms with Gasteiger partial charge in [-0.15, -0.1) is 0 Å². The molecule has 22 heavy (non-hydrogen) atoms. The quantitative estimate of drug-likeness (QED) is 0.672.